The lowest BCUT2D eigenvalue weighted by molar-refractivity contribution is 0.288. The van der Waals surface area contributed by atoms with Crippen molar-refractivity contribution in [1.29, 1.82) is 0 Å². The maximum atomic E-state index is 8.78. The summed E-state index contributed by atoms with van der Waals surface area (Å²) in [5.41, 5.74) is 2.60. The van der Waals surface area contributed by atoms with Crippen molar-refractivity contribution in [2.24, 2.45) is 0 Å². The zero-order valence-corrected chi connectivity index (χ0v) is 9.03. The van der Waals surface area contributed by atoms with E-state index in [1.165, 1.54) is 21.9 Å². The molecule has 0 spiro atoms. The first-order valence-corrected chi connectivity index (χ1v) is 5.40. The Kier molecular flexibility index (Phi) is 3.02. The number of rotatable bonds is 3. The molecule has 2 rings (SSSR count). The molecule has 0 heterocycles. The van der Waals surface area contributed by atoms with Gasteiger partial charge in [0, 0.05) is 6.61 Å². The molecule has 0 fully saturated rings. The van der Waals surface area contributed by atoms with Crippen LogP contribution in [0.25, 0.3) is 10.8 Å². The zero-order chi connectivity index (χ0) is 10.7. The summed E-state index contributed by atoms with van der Waals surface area (Å²) >= 11 is 0. The number of hydrogen-bond donors (Lipinski definition) is 1. The van der Waals surface area contributed by atoms with Gasteiger partial charge >= 0.3 is 0 Å². The van der Waals surface area contributed by atoms with Crippen LogP contribution < -0.4 is 0 Å². The van der Waals surface area contributed by atoms with Gasteiger partial charge in [-0.25, -0.2) is 0 Å². The average molecular weight is 200 g/mol. The van der Waals surface area contributed by atoms with Crippen molar-refractivity contribution in [3.63, 3.8) is 0 Å². The van der Waals surface area contributed by atoms with E-state index in [-0.39, 0.29) is 6.61 Å². The third kappa shape index (κ3) is 2.37. The smallest absolute Gasteiger partial charge is 0.0434 e. The van der Waals surface area contributed by atoms with Crippen molar-refractivity contribution in [2.75, 3.05) is 6.61 Å². The van der Waals surface area contributed by atoms with Gasteiger partial charge in [-0.3, -0.25) is 0 Å². The Labute approximate surface area is 90.4 Å². The van der Waals surface area contributed by atoms with Crippen molar-refractivity contribution < 1.29 is 5.11 Å². The van der Waals surface area contributed by atoms with Crippen LogP contribution in [-0.4, -0.2) is 11.7 Å². The number of aliphatic hydroxyl groups excluding tert-OH is 1. The van der Waals surface area contributed by atoms with Crippen molar-refractivity contribution in [3.05, 3.63) is 47.5 Å². The van der Waals surface area contributed by atoms with Gasteiger partial charge in [-0.05, 0) is 36.1 Å². The molecule has 1 N–H and O–H groups in total. The molecule has 0 bridgehead atoms. The maximum Gasteiger partial charge on any atom is 0.0434 e. The largest absolute Gasteiger partial charge is 0.396 e. The third-order valence-electron chi connectivity index (χ3n) is 2.68. The highest BCUT2D eigenvalue weighted by atomic mass is 16.2. The Bertz CT molecular complexity index is 460. The molecule has 0 aliphatic rings. The van der Waals surface area contributed by atoms with Crippen molar-refractivity contribution in [3.8, 4) is 0 Å². The molecule has 0 atom stereocenters. The molecule has 0 radical (unpaired) electrons. The standard InChI is InChI=1S/C14H16O/c1-11-4-6-14-10-12(3-2-8-15)5-7-13(14)9-11/h4-7,9-10,15H,2-3,8H2,1H3. The molecule has 0 aliphatic heterocycles. The summed E-state index contributed by atoms with van der Waals surface area (Å²) in [5.74, 6) is 0. The van der Waals surface area contributed by atoms with Crippen molar-refractivity contribution in [2.45, 2.75) is 19.8 Å². The fraction of sp³-hybridized carbons (Fsp3) is 0.286. The average Bonchev–Trinajstić information content (AvgIpc) is 2.26. The summed E-state index contributed by atoms with van der Waals surface area (Å²) < 4.78 is 0. The van der Waals surface area contributed by atoms with Crippen LogP contribution in [0.5, 0.6) is 0 Å². The van der Waals surface area contributed by atoms with E-state index in [9.17, 15) is 0 Å². The van der Waals surface area contributed by atoms with E-state index in [2.05, 4.69) is 43.3 Å². The topological polar surface area (TPSA) is 20.2 Å². The summed E-state index contributed by atoms with van der Waals surface area (Å²) in [4.78, 5) is 0. The van der Waals surface area contributed by atoms with E-state index in [1.807, 2.05) is 0 Å². The van der Waals surface area contributed by atoms with Crippen LogP contribution >= 0.6 is 0 Å². The summed E-state index contributed by atoms with van der Waals surface area (Å²) in [6, 6.07) is 13.0. The SMILES string of the molecule is Cc1ccc2cc(CCCO)ccc2c1. The Morgan fingerprint density at radius 1 is 1.00 bits per heavy atom. The molecule has 0 amide bonds. The van der Waals surface area contributed by atoms with Crippen molar-refractivity contribution in [1.82, 2.24) is 0 Å². The summed E-state index contributed by atoms with van der Waals surface area (Å²) in [7, 11) is 0. The molecular formula is C14H16O. The molecule has 0 aliphatic carbocycles. The molecule has 2 aromatic rings. The van der Waals surface area contributed by atoms with Gasteiger partial charge in [0.2, 0.25) is 0 Å². The molecule has 0 saturated carbocycles. The van der Waals surface area contributed by atoms with Crippen LogP contribution in [0.2, 0.25) is 0 Å². The fourth-order valence-corrected chi connectivity index (χ4v) is 1.85. The van der Waals surface area contributed by atoms with Crippen LogP contribution in [0.15, 0.2) is 36.4 Å². The van der Waals surface area contributed by atoms with E-state index in [4.69, 9.17) is 5.11 Å². The van der Waals surface area contributed by atoms with Gasteiger partial charge in [0.15, 0.2) is 0 Å². The second kappa shape index (κ2) is 4.45. The van der Waals surface area contributed by atoms with E-state index >= 15 is 0 Å². The number of fused-ring (bicyclic) bond motifs is 1. The van der Waals surface area contributed by atoms with Crippen molar-refractivity contribution >= 4 is 10.8 Å². The van der Waals surface area contributed by atoms with Gasteiger partial charge in [-0.2, -0.15) is 0 Å². The van der Waals surface area contributed by atoms with E-state index < -0.39 is 0 Å². The molecule has 15 heavy (non-hydrogen) atoms. The normalized spacial score (nSPS) is 10.8. The Morgan fingerprint density at radius 2 is 1.73 bits per heavy atom. The van der Waals surface area contributed by atoms with Crippen LogP contribution in [0, 0.1) is 6.92 Å². The molecule has 2 aromatic carbocycles. The van der Waals surface area contributed by atoms with E-state index in [1.54, 1.807) is 0 Å². The molecule has 1 heteroatoms. The lowest BCUT2D eigenvalue weighted by atomic mass is 10.0. The van der Waals surface area contributed by atoms with Crippen LogP contribution in [0.1, 0.15) is 17.5 Å². The predicted molar refractivity (Wildman–Crippen MR) is 64.1 cm³/mol. The van der Waals surface area contributed by atoms with Gasteiger partial charge < -0.3 is 5.11 Å². The molecule has 0 aromatic heterocycles. The molecule has 1 nitrogen and oxygen atoms in total. The third-order valence-corrected chi connectivity index (χ3v) is 2.68. The number of hydrogen-bond acceptors (Lipinski definition) is 1. The summed E-state index contributed by atoms with van der Waals surface area (Å²) in [5, 5.41) is 11.4. The fourth-order valence-electron chi connectivity index (χ4n) is 1.85. The second-order valence-corrected chi connectivity index (χ2v) is 4.01. The first-order chi connectivity index (χ1) is 7.29. The highest BCUT2D eigenvalue weighted by Crippen LogP contribution is 2.18. The Morgan fingerprint density at radius 3 is 2.53 bits per heavy atom. The molecule has 0 unspecified atom stereocenters. The number of aliphatic hydroxyl groups is 1. The highest BCUT2D eigenvalue weighted by molar-refractivity contribution is 5.83. The molecule has 0 saturated heterocycles. The first kappa shape index (κ1) is 10.2. The first-order valence-electron chi connectivity index (χ1n) is 5.40. The van der Waals surface area contributed by atoms with Gasteiger partial charge in [-0.15, -0.1) is 0 Å². The lowest BCUT2D eigenvalue weighted by Gasteiger charge is -2.03. The van der Waals surface area contributed by atoms with Crippen LogP contribution in [0.3, 0.4) is 0 Å². The van der Waals surface area contributed by atoms with E-state index in [0.717, 1.165) is 12.8 Å². The monoisotopic (exact) mass is 200 g/mol. The minimum Gasteiger partial charge on any atom is -0.396 e. The highest BCUT2D eigenvalue weighted by Gasteiger charge is 1.97. The second-order valence-electron chi connectivity index (χ2n) is 4.01. The van der Waals surface area contributed by atoms with Gasteiger partial charge in [0.25, 0.3) is 0 Å². The van der Waals surface area contributed by atoms with E-state index in [0.29, 0.717) is 0 Å². The Balaban J connectivity index is 2.34. The maximum absolute atomic E-state index is 8.78. The van der Waals surface area contributed by atoms with Gasteiger partial charge in [-0.1, -0.05) is 42.0 Å². The minimum atomic E-state index is 0.270. The van der Waals surface area contributed by atoms with Crippen LogP contribution in [-0.2, 0) is 6.42 Å². The van der Waals surface area contributed by atoms with Gasteiger partial charge in [0.05, 0.1) is 0 Å². The lowest BCUT2D eigenvalue weighted by Crippen LogP contribution is -1.89. The Hall–Kier alpha value is -1.34. The summed E-state index contributed by atoms with van der Waals surface area (Å²) in [6.45, 7) is 2.38. The minimum absolute atomic E-state index is 0.270. The quantitative estimate of drug-likeness (QED) is 0.807. The molecular weight excluding hydrogens is 184 g/mol. The predicted octanol–water partition coefficient (Wildman–Crippen LogP) is 3.07. The van der Waals surface area contributed by atoms with Crippen LogP contribution in [0.4, 0.5) is 0 Å². The van der Waals surface area contributed by atoms with Gasteiger partial charge in [0.1, 0.15) is 0 Å². The summed E-state index contributed by atoms with van der Waals surface area (Å²) in [6.07, 6.45) is 1.80. The zero-order valence-electron chi connectivity index (χ0n) is 9.03. The molecule has 78 valence electrons. The number of aryl methyl sites for hydroxylation is 2. The number of benzene rings is 2.